The van der Waals surface area contributed by atoms with Crippen LogP contribution >= 0.6 is 0 Å². The third kappa shape index (κ3) is 3.85. The first kappa shape index (κ1) is 16.3. The first-order valence-corrected chi connectivity index (χ1v) is 9.09. The molecule has 4 nitrogen and oxygen atoms in total. The summed E-state index contributed by atoms with van der Waals surface area (Å²) in [4.78, 5) is 21.6. The number of amides is 1. The third-order valence-corrected chi connectivity index (χ3v) is 5.35. The number of likely N-dealkylation sites (tertiary alicyclic amines) is 1. The van der Waals surface area contributed by atoms with Crippen molar-refractivity contribution in [1.82, 2.24) is 9.88 Å². The van der Waals surface area contributed by atoms with E-state index in [1.54, 1.807) is 0 Å². The number of nitrogens with zero attached hydrogens (tertiary/aromatic N) is 3. The predicted molar refractivity (Wildman–Crippen MR) is 93.6 cm³/mol. The molecule has 0 bridgehead atoms. The van der Waals surface area contributed by atoms with Crippen LogP contribution in [0.15, 0.2) is 18.2 Å². The van der Waals surface area contributed by atoms with Crippen molar-refractivity contribution in [2.75, 3.05) is 25.5 Å². The number of carbonyl (C=O) groups excluding carboxylic acids is 1. The summed E-state index contributed by atoms with van der Waals surface area (Å²) in [5, 5.41) is 0. The number of piperidine rings is 1. The summed E-state index contributed by atoms with van der Waals surface area (Å²) in [6, 6.07) is 6.64. The van der Waals surface area contributed by atoms with Crippen molar-refractivity contribution >= 4 is 11.7 Å². The molecule has 1 saturated heterocycles. The van der Waals surface area contributed by atoms with Crippen molar-refractivity contribution in [3.05, 3.63) is 23.9 Å². The summed E-state index contributed by atoms with van der Waals surface area (Å²) in [7, 11) is 4.04. The van der Waals surface area contributed by atoms with Gasteiger partial charge in [-0.3, -0.25) is 4.79 Å². The average Bonchev–Trinajstić information content (AvgIpc) is 2.51. The van der Waals surface area contributed by atoms with Crippen molar-refractivity contribution in [2.45, 2.75) is 57.4 Å². The predicted octanol–water partition coefficient (Wildman–Crippen LogP) is 3.26. The number of carbonyl (C=O) groups is 1. The molecule has 0 unspecified atom stereocenters. The van der Waals surface area contributed by atoms with Crippen LogP contribution in [0.1, 0.15) is 50.6 Å². The molecule has 2 aliphatic rings. The Labute approximate surface area is 139 Å². The lowest BCUT2D eigenvalue weighted by Gasteiger charge is -2.40. The highest BCUT2D eigenvalue weighted by Crippen LogP contribution is 2.31. The van der Waals surface area contributed by atoms with Crippen molar-refractivity contribution in [3.63, 3.8) is 0 Å². The second kappa shape index (κ2) is 7.33. The fourth-order valence-corrected chi connectivity index (χ4v) is 3.65. The Morgan fingerprint density at radius 1 is 1.22 bits per heavy atom. The summed E-state index contributed by atoms with van der Waals surface area (Å²) in [5.74, 6) is 1.76. The Morgan fingerprint density at radius 2 is 2.04 bits per heavy atom. The molecule has 0 radical (unpaired) electrons. The highest BCUT2D eigenvalue weighted by molar-refractivity contribution is 5.80. The lowest BCUT2D eigenvalue weighted by Crippen LogP contribution is -2.48. The minimum absolute atomic E-state index is 0.325. The van der Waals surface area contributed by atoms with E-state index in [1.807, 2.05) is 25.1 Å². The van der Waals surface area contributed by atoms with Crippen molar-refractivity contribution in [1.29, 1.82) is 0 Å². The van der Waals surface area contributed by atoms with Gasteiger partial charge in [0.2, 0.25) is 5.91 Å². The molecular weight excluding hydrogens is 286 g/mol. The van der Waals surface area contributed by atoms with E-state index in [4.69, 9.17) is 4.98 Å². The molecule has 0 spiro atoms. The smallest absolute Gasteiger partial charge is 0.225 e. The molecular formula is C19H29N3O. The molecule has 4 heteroatoms. The van der Waals surface area contributed by atoms with E-state index in [-0.39, 0.29) is 0 Å². The molecule has 1 aromatic rings. The molecule has 126 valence electrons. The van der Waals surface area contributed by atoms with Gasteiger partial charge in [-0.1, -0.05) is 12.5 Å². The zero-order chi connectivity index (χ0) is 16.2. The molecule has 0 N–H and O–H groups in total. The highest BCUT2D eigenvalue weighted by atomic mass is 16.2. The van der Waals surface area contributed by atoms with E-state index in [1.165, 1.54) is 19.3 Å². The number of anilines is 1. The summed E-state index contributed by atoms with van der Waals surface area (Å²) in [6.07, 6.45) is 9.03. The summed E-state index contributed by atoms with van der Waals surface area (Å²) in [6.45, 7) is 0.963. The van der Waals surface area contributed by atoms with Crippen LogP contribution < -0.4 is 4.90 Å². The Bertz CT molecular complexity index is 539. The molecule has 1 aromatic heterocycles. The lowest BCUT2D eigenvalue weighted by molar-refractivity contribution is -0.142. The fourth-order valence-electron chi connectivity index (χ4n) is 3.65. The molecule has 23 heavy (non-hydrogen) atoms. The summed E-state index contributed by atoms with van der Waals surface area (Å²) in [5.41, 5.74) is 1.14. The minimum Gasteiger partial charge on any atom is -0.363 e. The zero-order valence-corrected chi connectivity index (χ0v) is 14.5. The van der Waals surface area contributed by atoms with E-state index < -0.39 is 0 Å². The van der Waals surface area contributed by atoms with Gasteiger partial charge < -0.3 is 9.80 Å². The molecule has 1 aliphatic heterocycles. The van der Waals surface area contributed by atoms with Gasteiger partial charge in [-0.15, -0.1) is 0 Å². The largest absolute Gasteiger partial charge is 0.363 e. The average molecular weight is 315 g/mol. The van der Waals surface area contributed by atoms with E-state index in [0.717, 1.165) is 50.2 Å². The van der Waals surface area contributed by atoms with Gasteiger partial charge in [-0.25, -0.2) is 4.98 Å². The maximum absolute atomic E-state index is 12.6. The number of hydrogen-bond donors (Lipinski definition) is 0. The second-order valence-corrected chi connectivity index (χ2v) is 7.23. The van der Waals surface area contributed by atoms with Crippen LogP contribution in [0.25, 0.3) is 0 Å². The van der Waals surface area contributed by atoms with Crippen LogP contribution in [0.5, 0.6) is 0 Å². The highest BCUT2D eigenvalue weighted by Gasteiger charge is 2.34. The molecule has 3 rings (SSSR count). The number of hydrogen-bond acceptors (Lipinski definition) is 3. The van der Waals surface area contributed by atoms with Crippen LogP contribution in [0, 0.1) is 5.92 Å². The molecule has 1 atom stereocenters. The van der Waals surface area contributed by atoms with Gasteiger partial charge in [0, 0.05) is 38.3 Å². The van der Waals surface area contributed by atoms with Crippen LogP contribution in [0.3, 0.4) is 0 Å². The van der Waals surface area contributed by atoms with Gasteiger partial charge in [-0.2, -0.15) is 0 Å². The van der Waals surface area contributed by atoms with Gasteiger partial charge in [0.05, 0.1) is 0 Å². The number of rotatable bonds is 5. The first-order chi connectivity index (χ1) is 11.1. The maximum Gasteiger partial charge on any atom is 0.225 e. The molecule has 0 aromatic carbocycles. The quantitative estimate of drug-likeness (QED) is 0.837. The molecule has 2 fully saturated rings. The van der Waals surface area contributed by atoms with Gasteiger partial charge >= 0.3 is 0 Å². The van der Waals surface area contributed by atoms with Crippen molar-refractivity contribution < 1.29 is 4.79 Å². The number of aryl methyl sites for hydroxylation is 1. The fraction of sp³-hybridized carbons (Fsp3) is 0.684. The third-order valence-electron chi connectivity index (χ3n) is 5.35. The zero-order valence-electron chi connectivity index (χ0n) is 14.5. The Kier molecular flexibility index (Phi) is 5.19. The van der Waals surface area contributed by atoms with Crippen LogP contribution in [0.4, 0.5) is 5.82 Å². The van der Waals surface area contributed by atoms with E-state index in [0.29, 0.717) is 17.9 Å². The van der Waals surface area contributed by atoms with Crippen molar-refractivity contribution in [2.24, 2.45) is 5.92 Å². The van der Waals surface area contributed by atoms with Gasteiger partial charge in [0.1, 0.15) is 5.82 Å². The lowest BCUT2D eigenvalue weighted by atomic mass is 9.83. The number of pyridine rings is 1. The van der Waals surface area contributed by atoms with Gasteiger partial charge in [-0.05, 0) is 57.1 Å². The van der Waals surface area contributed by atoms with E-state index in [9.17, 15) is 4.79 Å². The van der Waals surface area contributed by atoms with Crippen LogP contribution in [-0.2, 0) is 11.2 Å². The van der Waals surface area contributed by atoms with Gasteiger partial charge in [0.15, 0.2) is 0 Å². The maximum atomic E-state index is 12.6. The normalized spacial score (nSPS) is 21.8. The monoisotopic (exact) mass is 315 g/mol. The SMILES string of the molecule is CN(C)c1cccc(CC[C@H]2CCCCN2C(=O)C2CCC2)n1. The molecule has 1 saturated carbocycles. The van der Waals surface area contributed by atoms with Crippen molar-refractivity contribution in [3.8, 4) is 0 Å². The van der Waals surface area contributed by atoms with E-state index >= 15 is 0 Å². The van der Waals surface area contributed by atoms with Gasteiger partial charge in [0.25, 0.3) is 0 Å². The molecule has 2 heterocycles. The Balaban J connectivity index is 1.60. The second-order valence-electron chi connectivity index (χ2n) is 7.23. The van der Waals surface area contributed by atoms with E-state index in [2.05, 4.69) is 17.0 Å². The minimum atomic E-state index is 0.325. The Hall–Kier alpha value is -1.58. The number of aromatic nitrogens is 1. The standard InChI is InChI=1S/C19H29N3O/c1-21(2)18-11-6-9-16(20-18)12-13-17-10-3-4-14-22(17)19(23)15-7-5-8-15/h6,9,11,15,17H,3-5,7-8,10,12-14H2,1-2H3/t17-/m1/s1. The summed E-state index contributed by atoms with van der Waals surface area (Å²) >= 11 is 0. The van der Waals surface area contributed by atoms with Crippen LogP contribution in [-0.4, -0.2) is 42.5 Å². The molecule has 1 aliphatic carbocycles. The summed E-state index contributed by atoms with van der Waals surface area (Å²) < 4.78 is 0. The molecule has 1 amide bonds. The first-order valence-electron chi connectivity index (χ1n) is 9.09. The van der Waals surface area contributed by atoms with Crippen LogP contribution in [0.2, 0.25) is 0 Å². The Morgan fingerprint density at radius 3 is 2.74 bits per heavy atom. The topological polar surface area (TPSA) is 36.4 Å².